The van der Waals surface area contributed by atoms with E-state index in [2.05, 4.69) is 5.32 Å². The lowest BCUT2D eigenvalue weighted by Gasteiger charge is -2.14. The van der Waals surface area contributed by atoms with Crippen molar-refractivity contribution in [1.29, 1.82) is 10.5 Å². The number of carbonyl (C=O) groups excluding carboxylic acids is 1. The minimum Gasteiger partial charge on any atom is -0.453 e. The third-order valence-corrected chi connectivity index (χ3v) is 3.70. The number of ether oxygens (including phenoxy) is 2. The van der Waals surface area contributed by atoms with Gasteiger partial charge in [-0.1, -0.05) is 18.2 Å². The molecule has 28 heavy (non-hydrogen) atoms. The van der Waals surface area contributed by atoms with Gasteiger partial charge >= 0.3 is 0 Å². The van der Waals surface area contributed by atoms with Gasteiger partial charge in [-0.25, -0.2) is 0 Å². The Morgan fingerprint density at radius 2 is 1.32 bits per heavy atom. The van der Waals surface area contributed by atoms with E-state index in [9.17, 15) is 15.3 Å². The van der Waals surface area contributed by atoms with E-state index in [0.717, 1.165) is 0 Å². The average molecular weight is 369 g/mol. The van der Waals surface area contributed by atoms with E-state index < -0.39 is 0 Å². The second kappa shape index (κ2) is 8.39. The molecule has 6 nitrogen and oxygen atoms in total. The highest BCUT2D eigenvalue weighted by Gasteiger charge is 2.14. The summed E-state index contributed by atoms with van der Waals surface area (Å²) in [6.07, 6.45) is 0. The molecule has 3 aromatic rings. The molecule has 0 aliphatic carbocycles. The fourth-order valence-electron chi connectivity index (χ4n) is 2.46. The predicted octanol–water partition coefficient (Wildman–Crippen LogP) is 4.97. The van der Waals surface area contributed by atoms with Crippen molar-refractivity contribution < 1.29 is 14.3 Å². The zero-order valence-electron chi connectivity index (χ0n) is 15.0. The van der Waals surface area contributed by atoms with Crippen LogP contribution >= 0.6 is 0 Å². The molecule has 0 spiro atoms. The first-order valence-corrected chi connectivity index (χ1v) is 8.35. The second-order valence-corrected chi connectivity index (χ2v) is 5.79. The Labute approximate surface area is 162 Å². The molecule has 0 heterocycles. The number of carbonyl (C=O) groups is 1. The third kappa shape index (κ3) is 4.46. The Morgan fingerprint density at radius 3 is 1.79 bits per heavy atom. The molecule has 0 aliphatic rings. The van der Waals surface area contributed by atoms with Crippen LogP contribution < -0.4 is 14.8 Å². The molecule has 0 unspecified atom stereocenters. The smallest absolute Gasteiger partial charge is 0.221 e. The van der Waals surface area contributed by atoms with Gasteiger partial charge in [-0.2, -0.15) is 10.5 Å². The summed E-state index contributed by atoms with van der Waals surface area (Å²) in [4.78, 5) is 11.1. The van der Waals surface area contributed by atoms with Crippen LogP contribution in [0.2, 0.25) is 0 Å². The highest BCUT2D eigenvalue weighted by Crippen LogP contribution is 2.37. The van der Waals surface area contributed by atoms with Crippen LogP contribution in [0.4, 0.5) is 5.69 Å². The number of hydrogen-bond acceptors (Lipinski definition) is 5. The van der Waals surface area contributed by atoms with Crippen molar-refractivity contribution in [3.8, 4) is 35.1 Å². The Hall–Kier alpha value is -4.29. The van der Waals surface area contributed by atoms with Crippen LogP contribution in [0, 0.1) is 22.7 Å². The number of anilines is 1. The number of rotatable bonds is 5. The van der Waals surface area contributed by atoms with Gasteiger partial charge in [-0.15, -0.1) is 0 Å². The van der Waals surface area contributed by atoms with Crippen molar-refractivity contribution in [3.63, 3.8) is 0 Å². The van der Waals surface area contributed by atoms with Crippen molar-refractivity contribution in [1.82, 2.24) is 0 Å². The van der Waals surface area contributed by atoms with Gasteiger partial charge in [0.05, 0.1) is 11.1 Å². The summed E-state index contributed by atoms with van der Waals surface area (Å²) in [6.45, 7) is 1.43. The molecule has 0 saturated carbocycles. The largest absolute Gasteiger partial charge is 0.453 e. The molecule has 0 saturated heterocycles. The van der Waals surface area contributed by atoms with Gasteiger partial charge in [-0.3, -0.25) is 4.79 Å². The zero-order valence-corrected chi connectivity index (χ0v) is 15.0. The lowest BCUT2D eigenvalue weighted by Crippen LogP contribution is -2.05. The van der Waals surface area contributed by atoms with Gasteiger partial charge in [0.1, 0.15) is 23.6 Å². The summed E-state index contributed by atoms with van der Waals surface area (Å²) in [6, 6.07) is 22.7. The van der Waals surface area contributed by atoms with Gasteiger partial charge in [0.2, 0.25) is 5.91 Å². The second-order valence-electron chi connectivity index (χ2n) is 5.79. The molecule has 0 radical (unpaired) electrons. The van der Waals surface area contributed by atoms with Gasteiger partial charge in [0, 0.05) is 24.7 Å². The lowest BCUT2D eigenvalue weighted by molar-refractivity contribution is -0.114. The van der Waals surface area contributed by atoms with Crippen LogP contribution in [-0.2, 0) is 4.79 Å². The SMILES string of the molecule is CC(=O)Nc1ccc(Oc2cc(C#N)c(C#N)cc2Oc2ccccc2)cc1. The van der Waals surface area contributed by atoms with Crippen molar-refractivity contribution in [2.24, 2.45) is 0 Å². The van der Waals surface area contributed by atoms with E-state index >= 15 is 0 Å². The molecule has 3 aromatic carbocycles. The fraction of sp³-hybridized carbons (Fsp3) is 0.0455. The summed E-state index contributed by atoms with van der Waals surface area (Å²) >= 11 is 0. The van der Waals surface area contributed by atoms with E-state index in [4.69, 9.17) is 9.47 Å². The monoisotopic (exact) mass is 369 g/mol. The van der Waals surface area contributed by atoms with Gasteiger partial charge < -0.3 is 14.8 Å². The highest BCUT2D eigenvalue weighted by atomic mass is 16.5. The molecule has 6 heteroatoms. The van der Waals surface area contributed by atoms with Crippen LogP contribution in [0.15, 0.2) is 66.7 Å². The number of nitriles is 2. The normalized spacial score (nSPS) is 9.68. The average Bonchev–Trinajstić information content (AvgIpc) is 2.70. The maximum Gasteiger partial charge on any atom is 0.221 e. The van der Waals surface area contributed by atoms with Crippen LogP contribution in [0.1, 0.15) is 18.1 Å². The minimum atomic E-state index is -0.169. The number of nitrogens with one attached hydrogen (secondary N) is 1. The van der Waals surface area contributed by atoms with Crippen molar-refractivity contribution in [3.05, 3.63) is 77.9 Å². The number of nitrogens with zero attached hydrogens (tertiary/aromatic N) is 2. The third-order valence-electron chi connectivity index (χ3n) is 3.70. The molecule has 1 N–H and O–H groups in total. The topological polar surface area (TPSA) is 95.1 Å². The first-order chi connectivity index (χ1) is 13.6. The van der Waals surface area contributed by atoms with Crippen LogP contribution in [0.25, 0.3) is 0 Å². The molecule has 0 fully saturated rings. The van der Waals surface area contributed by atoms with Crippen molar-refractivity contribution >= 4 is 11.6 Å². The van der Waals surface area contributed by atoms with Crippen molar-refractivity contribution in [2.45, 2.75) is 6.92 Å². The summed E-state index contributed by atoms with van der Waals surface area (Å²) in [7, 11) is 0. The minimum absolute atomic E-state index is 0.169. The number of amides is 1. The summed E-state index contributed by atoms with van der Waals surface area (Å²) in [5.41, 5.74) is 1.02. The zero-order chi connectivity index (χ0) is 19.9. The van der Waals surface area contributed by atoms with Gasteiger partial charge in [0.15, 0.2) is 11.5 Å². The Bertz CT molecular complexity index is 1080. The maximum absolute atomic E-state index is 11.1. The van der Waals surface area contributed by atoms with Crippen LogP contribution in [-0.4, -0.2) is 5.91 Å². The van der Waals surface area contributed by atoms with Gasteiger partial charge in [-0.05, 0) is 36.4 Å². The molecule has 136 valence electrons. The van der Waals surface area contributed by atoms with Crippen LogP contribution in [0.3, 0.4) is 0 Å². The molecule has 1 amide bonds. The lowest BCUT2D eigenvalue weighted by atomic mass is 10.1. The Balaban J connectivity index is 1.95. The maximum atomic E-state index is 11.1. The molecular formula is C22H15N3O3. The van der Waals surface area contributed by atoms with Gasteiger partial charge in [0.25, 0.3) is 0 Å². The summed E-state index contributed by atoms with van der Waals surface area (Å²) < 4.78 is 11.7. The molecule has 0 atom stereocenters. The predicted molar refractivity (Wildman–Crippen MR) is 103 cm³/mol. The molecule has 0 aliphatic heterocycles. The first kappa shape index (κ1) is 18.5. The van der Waals surface area contributed by atoms with Crippen LogP contribution in [0.5, 0.6) is 23.0 Å². The Morgan fingerprint density at radius 1 is 0.821 bits per heavy atom. The molecule has 3 rings (SSSR count). The highest BCUT2D eigenvalue weighted by molar-refractivity contribution is 5.88. The molecule has 0 aromatic heterocycles. The number of para-hydroxylation sites is 1. The van der Waals surface area contributed by atoms with E-state index in [1.165, 1.54) is 19.1 Å². The Kier molecular flexibility index (Phi) is 5.55. The fourth-order valence-corrected chi connectivity index (χ4v) is 2.46. The van der Waals surface area contributed by atoms with E-state index in [0.29, 0.717) is 28.7 Å². The first-order valence-electron chi connectivity index (χ1n) is 8.35. The standard InChI is InChI=1S/C22H15N3O3/c1-15(26)25-18-7-9-20(10-8-18)28-22-12-17(14-24)16(13-23)11-21(22)27-19-5-3-2-4-6-19/h2-12H,1H3,(H,25,26). The quantitative estimate of drug-likeness (QED) is 0.685. The summed E-state index contributed by atoms with van der Waals surface area (Å²) in [5, 5.41) is 21.3. The van der Waals surface area contributed by atoms with E-state index in [1.54, 1.807) is 36.4 Å². The molecule has 0 bridgehead atoms. The van der Waals surface area contributed by atoms with Crippen molar-refractivity contribution in [2.75, 3.05) is 5.32 Å². The summed E-state index contributed by atoms with van der Waals surface area (Å²) in [5.74, 6) is 1.50. The van der Waals surface area contributed by atoms with E-state index in [1.807, 2.05) is 30.3 Å². The number of hydrogen-bond donors (Lipinski definition) is 1. The number of benzene rings is 3. The molecular weight excluding hydrogens is 354 g/mol. The van der Waals surface area contributed by atoms with E-state index in [-0.39, 0.29) is 17.0 Å².